The van der Waals surface area contributed by atoms with E-state index in [0.29, 0.717) is 11.7 Å². The Bertz CT molecular complexity index is 444. The van der Waals surface area contributed by atoms with Crippen molar-refractivity contribution < 1.29 is 4.79 Å². The maximum atomic E-state index is 12.4. The van der Waals surface area contributed by atoms with Crippen LogP contribution in [0.4, 0.5) is 0 Å². The van der Waals surface area contributed by atoms with E-state index < -0.39 is 0 Å². The summed E-state index contributed by atoms with van der Waals surface area (Å²) in [5.74, 6) is 1.87. The molecule has 0 saturated heterocycles. The molecule has 0 radical (unpaired) electrons. The predicted octanol–water partition coefficient (Wildman–Crippen LogP) is 4.50. The molecule has 3 rings (SSSR count). The maximum Gasteiger partial charge on any atom is 0.144 e. The number of Topliss-reactive ketones (excluding diaryl/α,β-unsaturated/α-hetero) is 1. The topological polar surface area (TPSA) is 17.1 Å². The molecule has 2 aliphatic rings. The van der Waals surface area contributed by atoms with E-state index in [9.17, 15) is 4.79 Å². The van der Waals surface area contributed by atoms with Gasteiger partial charge in [-0.2, -0.15) is 0 Å². The van der Waals surface area contributed by atoms with E-state index in [4.69, 9.17) is 0 Å². The van der Waals surface area contributed by atoms with Crippen LogP contribution >= 0.6 is 0 Å². The third-order valence-electron chi connectivity index (χ3n) is 5.60. The summed E-state index contributed by atoms with van der Waals surface area (Å²) in [5, 5.41) is 0. The highest BCUT2D eigenvalue weighted by Crippen LogP contribution is 2.54. The first-order valence-corrected chi connectivity index (χ1v) is 7.88. The first kappa shape index (κ1) is 12.9. The molecule has 102 valence electrons. The van der Waals surface area contributed by atoms with Gasteiger partial charge in [-0.3, -0.25) is 4.79 Å². The molecule has 0 heterocycles. The van der Waals surface area contributed by atoms with Gasteiger partial charge in [0.05, 0.1) is 5.41 Å². The van der Waals surface area contributed by atoms with E-state index in [0.717, 1.165) is 18.8 Å². The van der Waals surface area contributed by atoms with Crippen LogP contribution in [0.3, 0.4) is 0 Å². The number of rotatable bonds is 3. The molecule has 2 saturated carbocycles. The van der Waals surface area contributed by atoms with Crippen molar-refractivity contribution in [3.05, 3.63) is 35.9 Å². The molecule has 0 bridgehead atoms. The second kappa shape index (κ2) is 5.11. The van der Waals surface area contributed by atoms with Gasteiger partial charge in [-0.15, -0.1) is 0 Å². The first-order valence-electron chi connectivity index (χ1n) is 7.88. The maximum absolute atomic E-state index is 12.4. The molecule has 2 atom stereocenters. The van der Waals surface area contributed by atoms with E-state index in [-0.39, 0.29) is 5.41 Å². The van der Waals surface area contributed by atoms with E-state index in [2.05, 4.69) is 31.2 Å². The molecule has 0 N–H and O–H groups in total. The van der Waals surface area contributed by atoms with Crippen LogP contribution in [-0.2, 0) is 10.2 Å². The van der Waals surface area contributed by atoms with Gasteiger partial charge in [0.15, 0.2) is 0 Å². The minimum atomic E-state index is -0.150. The summed E-state index contributed by atoms with van der Waals surface area (Å²) in [6.45, 7) is 2.19. The Morgan fingerprint density at radius 1 is 1.11 bits per heavy atom. The van der Waals surface area contributed by atoms with Gasteiger partial charge in [0.1, 0.15) is 5.78 Å². The molecule has 0 unspecified atom stereocenters. The normalized spacial score (nSPS) is 32.1. The van der Waals surface area contributed by atoms with E-state index in [1.165, 1.54) is 37.7 Å². The standard InChI is InChI=1S/C18H24O/c1-2-18(15-11-7-4-8-12-15)16(13-17(18)19)14-9-5-3-6-10-14/h4,7-8,11-12,14,16H,2-3,5-6,9-10,13H2,1H3/t16-,18-/m1/s1. The second-order valence-electron chi connectivity index (χ2n) is 6.32. The van der Waals surface area contributed by atoms with Crippen LogP contribution < -0.4 is 0 Å². The molecule has 0 aromatic heterocycles. The fourth-order valence-corrected chi connectivity index (χ4v) is 4.51. The summed E-state index contributed by atoms with van der Waals surface area (Å²) >= 11 is 0. The monoisotopic (exact) mass is 256 g/mol. The number of carbonyl (C=O) groups excluding carboxylic acids is 1. The summed E-state index contributed by atoms with van der Waals surface area (Å²) in [6, 6.07) is 10.5. The van der Waals surface area contributed by atoms with Crippen LogP contribution in [0.5, 0.6) is 0 Å². The largest absolute Gasteiger partial charge is 0.299 e. The van der Waals surface area contributed by atoms with Crippen molar-refractivity contribution in [3.63, 3.8) is 0 Å². The predicted molar refractivity (Wildman–Crippen MR) is 78.1 cm³/mol. The average Bonchev–Trinajstić information content (AvgIpc) is 2.48. The zero-order chi connectivity index (χ0) is 13.3. The smallest absolute Gasteiger partial charge is 0.144 e. The average molecular weight is 256 g/mol. The van der Waals surface area contributed by atoms with Crippen LogP contribution in [0.15, 0.2) is 30.3 Å². The fourth-order valence-electron chi connectivity index (χ4n) is 4.51. The Labute approximate surface area is 116 Å². The lowest BCUT2D eigenvalue weighted by Crippen LogP contribution is -2.56. The number of carbonyl (C=O) groups is 1. The van der Waals surface area contributed by atoms with Gasteiger partial charge in [-0.1, -0.05) is 69.4 Å². The van der Waals surface area contributed by atoms with Crippen molar-refractivity contribution in [2.75, 3.05) is 0 Å². The molecule has 19 heavy (non-hydrogen) atoms. The van der Waals surface area contributed by atoms with Crippen LogP contribution in [0, 0.1) is 11.8 Å². The summed E-state index contributed by atoms with van der Waals surface area (Å²) in [4.78, 5) is 12.4. The zero-order valence-corrected chi connectivity index (χ0v) is 11.9. The van der Waals surface area contributed by atoms with Gasteiger partial charge < -0.3 is 0 Å². The third kappa shape index (κ3) is 1.94. The number of ketones is 1. The Hall–Kier alpha value is -1.11. The molecule has 1 nitrogen and oxygen atoms in total. The van der Waals surface area contributed by atoms with Crippen LogP contribution in [0.25, 0.3) is 0 Å². The van der Waals surface area contributed by atoms with Crippen molar-refractivity contribution in [2.45, 2.75) is 57.3 Å². The van der Waals surface area contributed by atoms with Crippen molar-refractivity contribution in [3.8, 4) is 0 Å². The van der Waals surface area contributed by atoms with E-state index in [1.807, 2.05) is 6.07 Å². The molecule has 1 aromatic carbocycles. The molecule has 2 aliphatic carbocycles. The Kier molecular flexibility index (Phi) is 3.47. The van der Waals surface area contributed by atoms with Crippen LogP contribution in [0.1, 0.15) is 57.4 Å². The SMILES string of the molecule is CC[C@]1(c2ccccc2)C(=O)C[C@@H]1C1CCCCC1. The second-order valence-corrected chi connectivity index (χ2v) is 6.32. The van der Waals surface area contributed by atoms with Gasteiger partial charge in [0.25, 0.3) is 0 Å². The molecular weight excluding hydrogens is 232 g/mol. The first-order chi connectivity index (χ1) is 9.29. The lowest BCUT2D eigenvalue weighted by Gasteiger charge is -2.52. The summed E-state index contributed by atoms with van der Waals surface area (Å²) < 4.78 is 0. The lowest BCUT2D eigenvalue weighted by molar-refractivity contribution is -0.141. The third-order valence-corrected chi connectivity index (χ3v) is 5.60. The quantitative estimate of drug-likeness (QED) is 0.778. The van der Waals surface area contributed by atoms with Gasteiger partial charge in [0, 0.05) is 6.42 Å². The van der Waals surface area contributed by atoms with Gasteiger partial charge in [-0.25, -0.2) is 0 Å². The van der Waals surface area contributed by atoms with Crippen molar-refractivity contribution in [1.29, 1.82) is 0 Å². The van der Waals surface area contributed by atoms with E-state index in [1.54, 1.807) is 0 Å². The highest BCUT2D eigenvalue weighted by atomic mass is 16.1. The number of benzene rings is 1. The van der Waals surface area contributed by atoms with Crippen molar-refractivity contribution in [2.24, 2.45) is 11.8 Å². The molecule has 2 fully saturated rings. The van der Waals surface area contributed by atoms with Gasteiger partial charge >= 0.3 is 0 Å². The fraction of sp³-hybridized carbons (Fsp3) is 0.611. The van der Waals surface area contributed by atoms with Crippen LogP contribution in [0.2, 0.25) is 0 Å². The Balaban J connectivity index is 1.91. The van der Waals surface area contributed by atoms with Crippen LogP contribution in [-0.4, -0.2) is 5.78 Å². The minimum absolute atomic E-state index is 0.150. The summed E-state index contributed by atoms with van der Waals surface area (Å²) in [7, 11) is 0. The molecule has 0 spiro atoms. The summed E-state index contributed by atoms with van der Waals surface area (Å²) in [6.07, 6.45) is 8.60. The number of hydrogen-bond donors (Lipinski definition) is 0. The van der Waals surface area contributed by atoms with E-state index >= 15 is 0 Å². The minimum Gasteiger partial charge on any atom is -0.299 e. The Morgan fingerprint density at radius 2 is 1.79 bits per heavy atom. The van der Waals surface area contributed by atoms with Crippen molar-refractivity contribution in [1.82, 2.24) is 0 Å². The highest BCUT2D eigenvalue weighted by Gasteiger charge is 2.56. The van der Waals surface area contributed by atoms with Gasteiger partial charge in [-0.05, 0) is 23.8 Å². The summed E-state index contributed by atoms with van der Waals surface area (Å²) in [5.41, 5.74) is 1.12. The number of hydrogen-bond acceptors (Lipinski definition) is 1. The lowest BCUT2D eigenvalue weighted by atomic mass is 9.49. The Morgan fingerprint density at radius 3 is 2.37 bits per heavy atom. The molecular formula is C18H24O. The molecule has 1 aromatic rings. The van der Waals surface area contributed by atoms with Crippen molar-refractivity contribution >= 4 is 5.78 Å². The molecule has 1 heteroatoms. The zero-order valence-electron chi connectivity index (χ0n) is 11.9. The van der Waals surface area contributed by atoms with Gasteiger partial charge in [0.2, 0.25) is 0 Å². The highest BCUT2D eigenvalue weighted by molar-refractivity contribution is 5.96. The molecule has 0 amide bonds. The molecule has 0 aliphatic heterocycles.